The highest BCUT2D eigenvalue weighted by Crippen LogP contribution is 2.22. The van der Waals surface area contributed by atoms with E-state index in [1.807, 2.05) is 0 Å². The Morgan fingerprint density at radius 3 is 2.25 bits per heavy atom. The minimum Gasteiger partial charge on any atom is -0.457 e. The third-order valence-electron chi connectivity index (χ3n) is 1.91. The minimum absolute atomic E-state index is 0. The lowest BCUT2D eigenvalue weighted by Crippen LogP contribution is -1.87. The van der Waals surface area contributed by atoms with Crippen LogP contribution in [-0.4, -0.2) is 0 Å². The van der Waals surface area contributed by atoms with Gasteiger partial charge in [0.05, 0.1) is 0 Å². The second-order valence-electron chi connectivity index (χ2n) is 3.13. The molecule has 4 heteroatoms. The second kappa shape index (κ2) is 5.37. The smallest absolute Gasteiger partial charge is 0.129 e. The Morgan fingerprint density at radius 2 is 1.62 bits per heavy atom. The SMILES string of the molecule is Cl.Nc1cccc(Oc2ccc(F)cc2)c1. The average Bonchev–Trinajstić information content (AvgIpc) is 2.22. The van der Waals surface area contributed by atoms with Gasteiger partial charge in [-0.1, -0.05) is 6.07 Å². The monoisotopic (exact) mass is 239 g/mol. The molecule has 0 radical (unpaired) electrons. The molecule has 2 rings (SSSR count). The standard InChI is InChI=1S/C12H10FNO.ClH/c13-9-4-6-11(7-5-9)15-12-3-1-2-10(14)8-12;/h1-8H,14H2;1H. The molecule has 0 unspecified atom stereocenters. The molecular formula is C12H11ClFNO. The maximum Gasteiger partial charge on any atom is 0.129 e. The summed E-state index contributed by atoms with van der Waals surface area (Å²) in [5, 5.41) is 0. The van der Waals surface area contributed by atoms with Crippen molar-refractivity contribution in [2.45, 2.75) is 0 Å². The van der Waals surface area contributed by atoms with Crippen molar-refractivity contribution < 1.29 is 9.13 Å². The number of hydrogen-bond acceptors (Lipinski definition) is 2. The summed E-state index contributed by atoms with van der Waals surface area (Å²) in [5.74, 6) is 0.943. The maximum atomic E-state index is 12.6. The lowest BCUT2D eigenvalue weighted by molar-refractivity contribution is 0.481. The average molecular weight is 240 g/mol. The van der Waals surface area contributed by atoms with Crippen molar-refractivity contribution in [3.63, 3.8) is 0 Å². The summed E-state index contributed by atoms with van der Waals surface area (Å²) in [4.78, 5) is 0. The van der Waals surface area contributed by atoms with Crippen LogP contribution in [-0.2, 0) is 0 Å². The zero-order valence-electron chi connectivity index (χ0n) is 8.39. The van der Waals surface area contributed by atoms with E-state index in [4.69, 9.17) is 10.5 Å². The molecule has 0 amide bonds. The van der Waals surface area contributed by atoms with Gasteiger partial charge >= 0.3 is 0 Å². The van der Waals surface area contributed by atoms with E-state index in [1.54, 1.807) is 36.4 Å². The molecule has 0 atom stereocenters. The molecule has 2 nitrogen and oxygen atoms in total. The Hall–Kier alpha value is -1.74. The highest BCUT2D eigenvalue weighted by molar-refractivity contribution is 5.85. The molecule has 0 aliphatic heterocycles. The van der Waals surface area contributed by atoms with E-state index >= 15 is 0 Å². The number of nitrogens with two attached hydrogens (primary N) is 1. The molecule has 84 valence electrons. The van der Waals surface area contributed by atoms with Gasteiger partial charge in [0.1, 0.15) is 17.3 Å². The number of nitrogen functional groups attached to an aromatic ring is 1. The first-order valence-corrected chi connectivity index (χ1v) is 4.53. The molecule has 2 aromatic carbocycles. The Balaban J connectivity index is 0.00000128. The maximum absolute atomic E-state index is 12.6. The van der Waals surface area contributed by atoms with Gasteiger partial charge in [0.15, 0.2) is 0 Å². The van der Waals surface area contributed by atoms with Crippen LogP contribution in [0.5, 0.6) is 11.5 Å². The number of anilines is 1. The highest BCUT2D eigenvalue weighted by Gasteiger charge is 1.97. The fraction of sp³-hybridized carbons (Fsp3) is 0. The van der Waals surface area contributed by atoms with Crippen LogP contribution >= 0.6 is 12.4 Å². The Labute approximate surface area is 99.3 Å². The lowest BCUT2D eigenvalue weighted by Gasteiger charge is -2.05. The summed E-state index contributed by atoms with van der Waals surface area (Å²) < 4.78 is 18.1. The van der Waals surface area contributed by atoms with Gasteiger partial charge in [0, 0.05) is 11.8 Å². The fourth-order valence-electron chi connectivity index (χ4n) is 1.22. The molecule has 2 aromatic rings. The third kappa shape index (κ3) is 3.14. The van der Waals surface area contributed by atoms with Crippen molar-refractivity contribution >= 4 is 18.1 Å². The summed E-state index contributed by atoms with van der Waals surface area (Å²) in [5.41, 5.74) is 6.23. The van der Waals surface area contributed by atoms with Gasteiger partial charge in [0.25, 0.3) is 0 Å². The van der Waals surface area contributed by atoms with Gasteiger partial charge < -0.3 is 10.5 Å². The van der Waals surface area contributed by atoms with Crippen LogP contribution in [0.25, 0.3) is 0 Å². The van der Waals surface area contributed by atoms with Crippen molar-refractivity contribution in [2.24, 2.45) is 0 Å². The molecule has 0 fully saturated rings. The quantitative estimate of drug-likeness (QED) is 0.813. The summed E-state index contributed by atoms with van der Waals surface area (Å²) >= 11 is 0. The molecule has 0 aliphatic rings. The predicted molar refractivity (Wildman–Crippen MR) is 64.6 cm³/mol. The Morgan fingerprint density at radius 1 is 0.938 bits per heavy atom. The minimum atomic E-state index is -0.282. The first-order valence-electron chi connectivity index (χ1n) is 4.53. The molecular weight excluding hydrogens is 229 g/mol. The molecule has 0 bridgehead atoms. The molecule has 0 spiro atoms. The zero-order valence-corrected chi connectivity index (χ0v) is 9.21. The van der Waals surface area contributed by atoms with Crippen LogP contribution in [0, 0.1) is 5.82 Å². The topological polar surface area (TPSA) is 35.2 Å². The fourth-order valence-corrected chi connectivity index (χ4v) is 1.22. The molecule has 0 saturated heterocycles. The number of hydrogen-bond donors (Lipinski definition) is 1. The van der Waals surface area contributed by atoms with E-state index in [9.17, 15) is 4.39 Å². The van der Waals surface area contributed by atoms with Gasteiger partial charge in [-0.15, -0.1) is 12.4 Å². The van der Waals surface area contributed by atoms with Crippen molar-refractivity contribution in [1.29, 1.82) is 0 Å². The third-order valence-corrected chi connectivity index (χ3v) is 1.91. The lowest BCUT2D eigenvalue weighted by atomic mass is 10.3. The van der Waals surface area contributed by atoms with Crippen LogP contribution in [0.15, 0.2) is 48.5 Å². The van der Waals surface area contributed by atoms with Gasteiger partial charge in [-0.3, -0.25) is 0 Å². The van der Waals surface area contributed by atoms with Crippen LogP contribution in [0.3, 0.4) is 0 Å². The first-order chi connectivity index (χ1) is 7.24. The number of ether oxygens (including phenoxy) is 1. The molecule has 0 saturated carbocycles. The molecule has 0 aliphatic carbocycles. The van der Waals surface area contributed by atoms with Crippen molar-refractivity contribution in [3.05, 3.63) is 54.3 Å². The van der Waals surface area contributed by atoms with Gasteiger partial charge in [-0.2, -0.15) is 0 Å². The summed E-state index contributed by atoms with van der Waals surface area (Å²) in [6, 6.07) is 12.9. The highest BCUT2D eigenvalue weighted by atomic mass is 35.5. The molecule has 0 aromatic heterocycles. The number of benzene rings is 2. The van der Waals surface area contributed by atoms with Crippen LogP contribution in [0.1, 0.15) is 0 Å². The zero-order chi connectivity index (χ0) is 10.7. The van der Waals surface area contributed by atoms with E-state index in [1.165, 1.54) is 12.1 Å². The second-order valence-corrected chi connectivity index (χ2v) is 3.13. The Kier molecular flexibility index (Phi) is 4.14. The summed E-state index contributed by atoms with van der Waals surface area (Å²) in [6.45, 7) is 0. The van der Waals surface area contributed by atoms with Crippen LogP contribution < -0.4 is 10.5 Å². The van der Waals surface area contributed by atoms with E-state index in [0.717, 1.165) is 0 Å². The van der Waals surface area contributed by atoms with Crippen LogP contribution in [0.2, 0.25) is 0 Å². The van der Waals surface area contributed by atoms with E-state index < -0.39 is 0 Å². The van der Waals surface area contributed by atoms with Crippen molar-refractivity contribution in [1.82, 2.24) is 0 Å². The summed E-state index contributed by atoms with van der Waals surface area (Å²) in [7, 11) is 0. The number of halogens is 2. The number of rotatable bonds is 2. The van der Waals surface area contributed by atoms with Gasteiger partial charge in [-0.25, -0.2) is 4.39 Å². The van der Waals surface area contributed by atoms with Crippen molar-refractivity contribution in [3.8, 4) is 11.5 Å². The van der Waals surface area contributed by atoms with Crippen LogP contribution in [0.4, 0.5) is 10.1 Å². The van der Waals surface area contributed by atoms with E-state index in [2.05, 4.69) is 0 Å². The van der Waals surface area contributed by atoms with Gasteiger partial charge in [0.2, 0.25) is 0 Å². The van der Waals surface area contributed by atoms with E-state index in [0.29, 0.717) is 17.2 Å². The molecule has 2 N–H and O–H groups in total. The van der Waals surface area contributed by atoms with E-state index in [-0.39, 0.29) is 18.2 Å². The Bertz CT molecular complexity index is 459. The largest absolute Gasteiger partial charge is 0.457 e. The normalized spacial score (nSPS) is 9.31. The molecule has 0 heterocycles. The summed E-state index contributed by atoms with van der Waals surface area (Å²) in [6.07, 6.45) is 0. The predicted octanol–water partition coefficient (Wildman–Crippen LogP) is 3.62. The molecule has 16 heavy (non-hydrogen) atoms. The van der Waals surface area contributed by atoms with Gasteiger partial charge in [-0.05, 0) is 36.4 Å². The van der Waals surface area contributed by atoms with Crippen molar-refractivity contribution in [2.75, 3.05) is 5.73 Å². The first kappa shape index (κ1) is 12.3.